The first-order valence-corrected chi connectivity index (χ1v) is 18.0. The Morgan fingerprint density at radius 1 is 1.07 bits per heavy atom. The van der Waals surface area contributed by atoms with Crippen LogP contribution in [0, 0.1) is 12.8 Å². The second-order valence-corrected chi connectivity index (χ2v) is 15.2. The molecule has 0 radical (unpaired) electrons. The van der Waals surface area contributed by atoms with Crippen LogP contribution in [0.4, 0.5) is 10.2 Å². The van der Waals surface area contributed by atoms with Crippen LogP contribution in [0.25, 0.3) is 22.3 Å². The lowest BCUT2D eigenvalue weighted by Gasteiger charge is -2.27. The van der Waals surface area contributed by atoms with Crippen LogP contribution in [-0.4, -0.2) is 99.4 Å². The molecule has 0 aromatic carbocycles. The summed E-state index contributed by atoms with van der Waals surface area (Å²) in [6, 6.07) is -1.55. The van der Waals surface area contributed by atoms with Crippen molar-refractivity contribution in [2.75, 3.05) is 25.6 Å². The standard InChI is InChI=1S/C22H27FN10O10P2S/c1-8-29-19-15(20(35)30-8)28-7-33(19)22-16-9(2-34)10(41-22)3-39-44(36,37)31-13-11(4-40-45(38,46)43-16)42-21(12(13)23)32-6-27-14-17(24)25-5-26-18(14)32/h5-7,9-13,16,21-22,34H,2-4H2,1H3,(H,38,46)(H2,24,25,26)(H,29,30,35)(H2,31,36,37)/t9?,10?,11?,12?,13?,16?,21?,22?,45-/m1/s1. The average molecular weight is 705 g/mol. The lowest BCUT2D eigenvalue weighted by molar-refractivity contribution is -0.0500. The average Bonchev–Trinajstić information content (AvgIpc) is 3.75. The lowest BCUT2D eigenvalue weighted by Crippen LogP contribution is -2.43. The van der Waals surface area contributed by atoms with Gasteiger partial charge in [0.2, 0.25) is 0 Å². The molecule has 3 saturated heterocycles. The molecule has 0 amide bonds. The molecular formula is C22H27FN10O10P2S. The molecule has 0 saturated carbocycles. The Morgan fingerprint density at radius 2 is 1.76 bits per heavy atom. The largest absolute Gasteiger partial charge is 0.403 e. The minimum absolute atomic E-state index is 0.0310. The molecular weight excluding hydrogens is 677 g/mol. The van der Waals surface area contributed by atoms with E-state index in [4.69, 9.17) is 28.8 Å². The van der Waals surface area contributed by atoms with E-state index in [1.807, 2.05) is 0 Å². The van der Waals surface area contributed by atoms with E-state index in [1.165, 1.54) is 21.8 Å². The molecule has 0 spiro atoms. The molecule has 3 fully saturated rings. The topological polar surface area (TPSA) is 266 Å². The molecule has 46 heavy (non-hydrogen) atoms. The smallest absolute Gasteiger partial charge is 0.396 e. The van der Waals surface area contributed by atoms with Gasteiger partial charge in [-0.25, -0.2) is 43.5 Å². The summed E-state index contributed by atoms with van der Waals surface area (Å²) in [5, 5.41) is 12.6. The minimum atomic E-state index is -4.82. The maximum Gasteiger partial charge on any atom is 0.403 e. The SMILES string of the molecule is Cc1nc2c(ncn2C2OC3COP(=O)(O)NC4C(CO[P@@](=O)(S)OC2C3CO)OC(n2cnc3c(N)ncnc32)C4F)c(=O)[nH]1. The van der Waals surface area contributed by atoms with Crippen LogP contribution in [0.15, 0.2) is 23.8 Å². The van der Waals surface area contributed by atoms with Gasteiger partial charge in [0.15, 0.2) is 41.3 Å². The summed E-state index contributed by atoms with van der Waals surface area (Å²) in [5.41, 5.74) is 5.69. The number of rotatable bonds is 3. The van der Waals surface area contributed by atoms with Gasteiger partial charge in [-0.05, 0) is 6.92 Å². The number of anilines is 1. The van der Waals surface area contributed by atoms with E-state index in [0.29, 0.717) is 0 Å². The molecule has 9 unspecified atom stereocenters. The highest BCUT2D eigenvalue weighted by Gasteiger charge is 2.53. The highest BCUT2D eigenvalue weighted by Crippen LogP contribution is 2.58. The van der Waals surface area contributed by atoms with E-state index in [0.717, 1.165) is 6.33 Å². The van der Waals surface area contributed by atoms with Crippen molar-refractivity contribution in [2.45, 2.75) is 49.9 Å². The van der Waals surface area contributed by atoms with E-state index in [1.54, 1.807) is 6.92 Å². The zero-order chi connectivity index (χ0) is 32.5. The van der Waals surface area contributed by atoms with Crippen molar-refractivity contribution >= 4 is 54.9 Å². The third-order valence-corrected chi connectivity index (χ3v) is 10.6. The van der Waals surface area contributed by atoms with Crippen molar-refractivity contribution < 1.29 is 46.6 Å². The first-order chi connectivity index (χ1) is 21.9. The number of hydrogen-bond donors (Lipinski definition) is 6. The van der Waals surface area contributed by atoms with Crippen LogP contribution in [0.3, 0.4) is 0 Å². The lowest BCUT2D eigenvalue weighted by atomic mass is 9.99. The molecule has 7 heterocycles. The van der Waals surface area contributed by atoms with E-state index < -0.39 is 88.8 Å². The van der Waals surface area contributed by atoms with Gasteiger partial charge >= 0.3 is 14.5 Å². The summed E-state index contributed by atoms with van der Waals surface area (Å²) < 4.78 is 74.2. The monoisotopic (exact) mass is 704 g/mol. The number of aromatic amines is 1. The van der Waals surface area contributed by atoms with Crippen LogP contribution >= 0.6 is 26.8 Å². The number of hydrogen-bond acceptors (Lipinski definition) is 15. The Labute approximate surface area is 262 Å². The molecule has 6 N–H and O–H groups in total. The molecule has 3 aliphatic rings. The van der Waals surface area contributed by atoms with E-state index in [9.17, 15) is 23.9 Å². The summed E-state index contributed by atoms with van der Waals surface area (Å²) in [7, 11) is -4.82. The molecule has 4 aromatic rings. The van der Waals surface area contributed by atoms with Gasteiger partial charge in [-0.15, -0.1) is 0 Å². The number of imidazole rings is 2. The number of halogens is 1. The van der Waals surface area contributed by atoms with Crippen molar-refractivity contribution in [3.63, 3.8) is 0 Å². The second kappa shape index (κ2) is 11.7. The predicted molar refractivity (Wildman–Crippen MR) is 156 cm³/mol. The minimum Gasteiger partial charge on any atom is -0.396 e. The highest BCUT2D eigenvalue weighted by atomic mass is 32.7. The number of nitrogens with one attached hydrogen (secondary N) is 2. The Kier molecular flexibility index (Phi) is 8.04. The summed E-state index contributed by atoms with van der Waals surface area (Å²) in [6.45, 7) is -4.70. The maximum atomic E-state index is 16.0. The maximum absolute atomic E-state index is 16.0. The van der Waals surface area contributed by atoms with Crippen LogP contribution in [0.1, 0.15) is 18.3 Å². The van der Waals surface area contributed by atoms with Gasteiger partial charge in [-0.2, -0.15) is 0 Å². The molecule has 3 aliphatic heterocycles. The number of nitrogens with zero attached hydrogens (tertiary/aromatic N) is 7. The number of nitrogen functional groups attached to an aromatic ring is 1. The Hall–Kier alpha value is -2.88. The number of aromatic nitrogens is 8. The van der Waals surface area contributed by atoms with Crippen LogP contribution < -0.4 is 16.4 Å². The summed E-state index contributed by atoms with van der Waals surface area (Å²) in [4.78, 5) is 46.2. The number of nitrogens with two attached hydrogens (primary N) is 1. The van der Waals surface area contributed by atoms with Crippen molar-refractivity contribution in [3.8, 4) is 0 Å². The quantitative estimate of drug-likeness (QED) is 0.122. The van der Waals surface area contributed by atoms with Gasteiger partial charge in [0, 0.05) is 5.92 Å². The fourth-order valence-corrected chi connectivity index (χ4v) is 8.39. The Morgan fingerprint density at radius 3 is 2.52 bits per heavy atom. The number of ether oxygens (including phenoxy) is 2. The fraction of sp³-hybridized carbons (Fsp3) is 0.545. The molecule has 2 bridgehead atoms. The number of aliphatic hydroxyl groups excluding tert-OH is 1. The normalized spacial score (nSPS) is 37.2. The van der Waals surface area contributed by atoms with Crippen molar-refractivity contribution in [2.24, 2.45) is 5.92 Å². The van der Waals surface area contributed by atoms with Crippen molar-refractivity contribution in [3.05, 3.63) is 35.2 Å². The molecule has 7 rings (SSSR count). The Bertz CT molecular complexity index is 1960. The molecule has 20 nitrogen and oxygen atoms in total. The number of aryl methyl sites for hydroxylation is 1. The molecule has 248 valence electrons. The predicted octanol–water partition coefficient (Wildman–Crippen LogP) is 0.120. The molecule has 10 atom stereocenters. The number of fused-ring (bicyclic) bond motifs is 5. The third-order valence-electron chi connectivity index (χ3n) is 7.90. The van der Waals surface area contributed by atoms with Gasteiger partial charge < -0.3 is 30.2 Å². The first-order valence-electron chi connectivity index (χ1n) is 13.7. The number of aliphatic hydroxyl groups is 1. The fourth-order valence-electron chi connectivity index (χ4n) is 5.79. The van der Waals surface area contributed by atoms with Gasteiger partial charge in [-0.1, -0.05) is 12.2 Å². The summed E-state index contributed by atoms with van der Waals surface area (Å²) in [5.74, 6) is -0.713. The van der Waals surface area contributed by atoms with E-state index in [-0.39, 0.29) is 34.0 Å². The van der Waals surface area contributed by atoms with E-state index in [2.05, 4.69) is 47.2 Å². The molecule has 24 heteroatoms. The van der Waals surface area contributed by atoms with E-state index >= 15 is 4.39 Å². The summed E-state index contributed by atoms with van der Waals surface area (Å²) >= 11 is 4.12. The van der Waals surface area contributed by atoms with Gasteiger partial charge in [0.05, 0.1) is 44.6 Å². The van der Waals surface area contributed by atoms with Crippen molar-refractivity contribution in [1.29, 1.82) is 0 Å². The molecule has 4 aromatic heterocycles. The van der Waals surface area contributed by atoms with Crippen molar-refractivity contribution in [1.82, 2.24) is 44.1 Å². The zero-order valence-corrected chi connectivity index (χ0v) is 26.2. The van der Waals surface area contributed by atoms with Gasteiger partial charge in [0.25, 0.3) is 5.56 Å². The highest BCUT2D eigenvalue weighted by molar-refractivity contribution is 8.44. The van der Waals surface area contributed by atoms with Crippen LogP contribution in [0.2, 0.25) is 0 Å². The first kappa shape index (κ1) is 31.7. The number of thiol groups is 1. The molecule has 0 aliphatic carbocycles. The zero-order valence-electron chi connectivity index (χ0n) is 23.6. The number of H-pyrrole nitrogens is 1. The Balaban J connectivity index is 1.22. The van der Waals surface area contributed by atoms with Gasteiger partial charge in [-0.3, -0.25) is 27.5 Å². The van der Waals surface area contributed by atoms with Gasteiger partial charge in [0.1, 0.15) is 29.9 Å². The summed E-state index contributed by atoms with van der Waals surface area (Å²) in [6.07, 6.45) is -4.87. The van der Waals surface area contributed by atoms with Crippen LogP contribution in [-0.2, 0) is 32.2 Å². The number of alkyl halides is 1. The van der Waals surface area contributed by atoms with Crippen LogP contribution in [0.5, 0.6) is 0 Å². The third kappa shape index (κ3) is 5.56. The second-order valence-electron chi connectivity index (χ2n) is 10.8.